The van der Waals surface area contributed by atoms with Gasteiger partial charge in [0.15, 0.2) is 0 Å². The van der Waals surface area contributed by atoms with Gasteiger partial charge in [-0.2, -0.15) is 0 Å². The van der Waals surface area contributed by atoms with Crippen LogP contribution in [0.15, 0.2) is 24.3 Å². The number of unbranched alkanes of at least 4 members (excludes halogenated alkanes) is 3. The number of hydrogen-bond acceptors (Lipinski definition) is 0. The summed E-state index contributed by atoms with van der Waals surface area (Å²) in [5.41, 5.74) is 2.65. The quantitative estimate of drug-likeness (QED) is 0.351. The van der Waals surface area contributed by atoms with Crippen molar-refractivity contribution in [2.24, 2.45) is 11.8 Å². The SMILES string of the molecule is CCCC#Cc1ccc(CC[C@H]2CC[C@H](CCCCC)CC2)cc1. The molecule has 1 fully saturated rings. The lowest BCUT2D eigenvalue weighted by atomic mass is 9.78. The van der Waals surface area contributed by atoms with Crippen molar-refractivity contribution in [3.63, 3.8) is 0 Å². The highest BCUT2D eigenvalue weighted by molar-refractivity contribution is 5.36. The van der Waals surface area contributed by atoms with Gasteiger partial charge < -0.3 is 0 Å². The van der Waals surface area contributed by atoms with Gasteiger partial charge in [0.1, 0.15) is 0 Å². The Balaban J connectivity index is 1.66. The van der Waals surface area contributed by atoms with Crippen LogP contribution >= 0.6 is 0 Å². The van der Waals surface area contributed by atoms with Gasteiger partial charge in [-0.25, -0.2) is 0 Å². The number of aryl methyl sites for hydroxylation is 1. The lowest BCUT2D eigenvalue weighted by Gasteiger charge is -2.28. The minimum atomic E-state index is 0.969. The standard InChI is InChI=1S/C24H36/c1-3-5-7-9-21-11-15-23(16-12-21)19-20-24-17-13-22(14-18-24)10-8-6-4-2/h13-14,17-18,21,23H,3-7,9,11-12,15-16,19-20H2,1-2H3/t21-,23-. The van der Waals surface area contributed by atoms with Crippen LogP contribution in [0.2, 0.25) is 0 Å². The molecule has 2 rings (SSSR count). The van der Waals surface area contributed by atoms with E-state index in [1.165, 1.54) is 75.3 Å². The Hall–Kier alpha value is -1.22. The minimum absolute atomic E-state index is 0.969. The first-order valence-electron chi connectivity index (χ1n) is 10.4. The zero-order chi connectivity index (χ0) is 17.0. The van der Waals surface area contributed by atoms with Crippen molar-refractivity contribution in [3.8, 4) is 11.8 Å². The van der Waals surface area contributed by atoms with Crippen molar-refractivity contribution < 1.29 is 0 Å². The van der Waals surface area contributed by atoms with E-state index in [1.807, 2.05) is 0 Å². The van der Waals surface area contributed by atoms with E-state index < -0.39 is 0 Å². The third-order valence-corrected chi connectivity index (χ3v) is 5.59. The normalized spacial score (nSPS) is 20.4. The van der Waals surface area contributed by atoms with E-state index in [0.717, 1.165) is 24.7 Å². The molecule has 0 heteroatoms. The van der Waals surface area contributed by atoms with E-state index in [2.05, 4.69) is 50.0 Å². The molecule has 0 bridgehead atoms. The monoisotopic (exact) mass is 324 g/mol. The Morgan fingerprint density at radius 1 is 0.833 bits per heavy atom. The van der Waals surface area contributed by atoms with E-state index in [0.29, 0.717) is 0 Å². The van der Waals surface area contributed by atoms with Crippen molar-refractivity contribution in [1.29, 1.82) is 0 Å². The van der Waals surface area contributed by atoms with Gasteiger partial charge in [-0.05, 0) is 48.8 Å². The predicted molar refractivity (Wildman–Crippen MR) is 106 cm³/mol. The van der Waals surface area contributed by atoms with Crippen LogP contribution in [-0.4, -0.2) is 0 Å². The molecule has 0 nitrogen and oxygen atoms in total. The molecule has 0 unspecified atom stereocenters. The van der Waals surface area contributed by atoms with Crippen LogP contribution in [0.25, 0.3) is 0 Å². The molecule has 0 atom stereocenters. The van der Waals surface area contributed by atoms with Gasteiger partial charge in [-0.1, -0.05) is 89.2 Å². The Morgan fingerprint density at radius 3 is 2.12 bits per heavy atom. The summed E-state index contributed by atoms with van der Waals surface area (Å²) in [6.07, 6.45) is 16.4. The van der Waals surface area contributed by atoms with Crippen LogP contribution in [0.1, 0.15) is 95.6 Å². The van der Waals surface area contributed by atoms with Gasteiger partial charge >= 0.3 is 0 Å². The molecule has 0 heterocycles. The van der Waals surface area contributed by atoms with Gasteiger partial charge in [0, 0.05) is 12.0 Å². The zero-order valence-electron chi connectivity index (χ0n) is 15.9. The summed E-state index contributed by atoms with van der Waals surface area (Å²) in [5.74, 6) is 8.49. The first kappa shape index (κ1) is 19.1. The van der Waals surface area contributed by atoms with Crippen molar-refractivity contribution in [1.82, 2.24) is 0 Å². The van der Waals surface area contributed by atoms with Crippen LogP contribution in [0.3, 0.4) is 0 Å². The predicted octanol–water partition coefficient (Wildman–Crippen LogP) is 7.16. The molecule has 1 aliphatic rings. The zero-order valence-corrected chi connectivity index (χ0v) is 15.9. The second-order valence-corrected chi connectivity index (χ2v) is 7.67. The molecule has 24 heavy (non-hydrogen) atoms. The fourth-order valence-corrected chi connectivity index (χ4v) is 3.91. The van der Waals surface area contributed by atoms with E-state index >= 15 is 0 Å². The third-order valence-electron chi connectivity index (χ3n) is 5.59. The number of hydrogen-bond donors (Lipinski definition) is 0. The topological polar surface area (TPSA) is 0 Å². The molecular formula is C24H36. The maximum Gasteiger partial charge on any atom is 0.0245 e. The van der Waals surface area contributed by atoms with Crippen LogP contribution in [0, 0.1) is 23.7 Å². The van der Waals surface area contributed by atoms with Gasteiger partial charge in [-0.15, -0.1) is 0 Å². The van der Waals surface area contributed by atoms with Crippen LogP contribution in [0.5, 0.6) is 0 Å². The molecule has 0 aliphatic heterocycles. The van der Waals surface area contributed by atoms with Crippen molar-refractivity contribution >= 4 is 0 Å². The number of benzene rings is 1. The molecule has 0 spiro atoms. The van der Waals surface area contributed by atoms with Gasteiger partial charge in [0.2, 0.25) is 0 Å². The summed E-state index contributed by atoms with van der Waals surface area (Å²) in [7, 11) is 0. The largest absolute Gasteiger partial charge is 0.0979 e. The highest BCUT2D eigenvalue weighted by atomic mass is 14.3. The molecule has 132 valence electrons. The molecule has 1 aromatic carbocycles. The minimum Gasteiger partial charge on any atom is -0.0979 e. The summed E-state index contributed by atoms with van der Waals surface area (Å²) in [4.78, 5) is 0. The summed E-state index contributed by atoms with van der Waals surface area (Å²) < 4.78 is 0. The summed E-state index contributed by atoms with van der Waals surface area (Å²) in [5, 5.41) is 0. The molecule has 0 aromatic heterocycles. The van der Waals surface area contributed by atoms with E-state index in [9.17, 15) is 0 Å². The number of rotatable bonds is 8. The fraction of sp³-hybridized carbons (Fsp3) is 0.667. The van der Waals surface area contributed by atoms with E-state index in [4.69, 9.17) is 0 Å². The van der Waals surface area contributed by atoms with Crippen LogP contribution < -0.4 is 0 Å². The molecule has 0 N–H and O–H groups in total. The molecular weight excluding hydrogens is 288 g/mol. The van der Waals surface area contributed by atoms with Crippen LogP contribution in [0.4, 0.5) is 0 Å². The smallest absolute Gasteiger partial charge is 0.0245 e. The lowest BCUT2D eigenvalue weighted by molar-refractivity contribution is 0.249. The average Bonchev–Trinajstić information content (AvgIpc) is 2.63. The molecule has 0 amide bonds. The van der Waals surface area contributed by atoms with E-state index in [1.54, 1.807) is 0 Å². The Kier molecular flexibility index (Phi) is 9.04. The first-order chi connectivity index (χ1) is 11.8. The molecule has 1 aliphatic carbocycles. The maximum absolute atomic E-state index is 3.25. The molecule has 1 aromatic rings. The maximum atomic E-state index is 3.25. The first-order valence-corrected chi connectivity index (χ1v) is 10.4. The van der Waals surface area contributed by atoms with Gasteiger partial charge in [0.25, 0.3) is 0 Å². The Bertz CT molecular complexity index is 491. The average molecular weight is 325 g/mol. The molecule has 0 saturated heterocycles. The summed E-state index contributed by atoms with van der Waals surface area (Å²) >= 11 is 0. The summed E-state index contributed by atoms with van der Waals surface area (Å²) in [6.45, 7) is 4.48. The second kappa shape index (κ2) is 11.4. The van der Waals surface area contributed by atoms with Gasteiger partial charge in [0.05, 0.1) is 0 Å². The molecule has 1 saturated carbocycles. The van der Waals surface area contributed by atoms with Gasteiger partial charge in [-0.3, -0.25) is 0 Å². The highest BCUT2D eigenvalue weighted by Gasteiger charge is 2.20. The second-order valence-electron chi connectivity index (χ2n) is 7.67. The Morgan fingerprint density at radius 2 is 1.50 bits per heavy atom. The van der Waals surface area contributed by atoms with Crippen molar-refractivity contribution in [2.75, 3.05) is 0 Å². The summed E-state index contributed by atoms with van der Waals surface area (Å²) in [6, 6.07) is 8.96. The fourth-order valence-electron chi connectivity index (χ4n) is 3.91. The van der Waals surface area contributed by atoms with Crippen molar-refractivity contribution in [3.05, 3.63) is 35.4 Å². The van der Waals surface area contributed by atoms with Crippen molar-refractivity contribution in [2.45, 2.75) is 90.9 Å². The Labute approximate surface area is 150 Å². The molecule has 0 radical (unpaired) electrons. The van der Waals surface area contributed by atoms with E-state index in [-0.39, 0.29) is 0 Å². The third kappa shape index (κ3) is 7.12. The highest BCUT2D eigenvalue weighted by Crippen LogP contribution is 2.34. The van der Waals surface area contributed by atoms with Crippen LogP contribution in [-0.2, 0) is 6.42 Å². The lowest BCUT2D eigenvalue weighted by Crippen LogP contribution is -2.15.